The Morgan fingerprint density at radius 1 is 1.44 bits per heavy atom. The Hall–Kier alpha value is -2.15. The molecular weight excluding hydrogens is 256 g/mol. The van der Waals surface area contributed by atoms with Crippen molar-refractivity contribution in [1.82, 2.24) is 20.6 Å². The molecule has 0 spiro atoms. The maximum absolute atomic E-state index is 11.7. The fraction of sp³-hybridized carbons (Fsp3) is 0.200. The van der Waals surface area contributed by atoms with Gasteiger partial charge in [0.2, 0.25) is 0 Å². The second kappa shape index (κ2) is 5.01. The zero-order valence-corrected chi connectivity index (χ0v) is 10.6. The number of carbonyl (C=O) groups excluding carboxylic acids is 1. The Morgan fingerprint density at radius 3 is 2.78 bits per heavy atom. The van der Waals surface area contributed by atoms with E-state index >= 15 is 0 Å². The Kier molecular flexibility index (Phi) is 3.42. The van der Waals surface area contributed by atoms with Gasteiger partial charge in [-0.3, -0.25) is 4.79 Å². The number of aromatic nitrogens is 4. The lowest BCUT2D eigenvalue weighted by Gasteiger charge is -2.15. The Labute approximate surface area is 108 Å². The minimum atomic E-state index is -0.447. The molecule has 18 heavy (non-hydrogen) atoms. The number of rotatable bonds is 3. The SMILES string of the molecule is CN(C)c1ccc(NC(=O)c2nn[nH]n2)cc1Cl. The van der Waals surface area contributed by atoms with Crippen molar-refractivity contribution in [3.8, 4) is 0 Å². The third kappa shape index (κ3) is 2.57. The van der Waals surface area contributed by atoms with Gasteiger partial charge in [0.15, 0.2) is 0 Å². The molecule has 0 saturated carbocycles. The van der Waals surface area contributed by atoms with Crippen molar-refractivity contribution in [2.45, 2.75) is 0 Å². The second-order valence-electron chi connectivity index (χ2n) is 3.75. The minimum absolute atomic E-state index is 0.0252. The molecule has 2 aromatic rings. The van der Waals surface area contributed by atoms with Crippen molar-refractivity contribution < 1.29 is 4.79 Å². The van der Waals surface area contributed by atoms with E-state index in [2.05, 4.69) is 25.9 Å². The third-order valence-electron chi connectivity index (χ3n) is 2.24. The van der Waals surface area contributed by atoms with E-state index < -0.39 is 5.91 Å². The molecule has 0 fully saturated rings. The summed E-state index contributed by atoms with van der Waals surface area (Å²) in [4.78, 5) is 13.5. The first kappa shape index (κ1) is 12.3. The minimum Gasteiger partial charge on any atom is -0.376 e. The molecule has 2 N–H and O–H groups in total. The Morgan fingerprint density at radius 2 is 2.22 bits per heavy atom. The molecule has 94 valence electrons. The van der Waals surface area contributed by atoms with E-state index in [-0.39, 0.29) is 5.82 Å². The molecule has 1 amide bonds. The number of benzene rings is 1. The highest BCUT2D eigenvalue weighted by Gasteiger charge is 2.12. The van der Waals surface area contributed by atoms with Crippen LogP contribution in [0.3, 0.4) is 0 Å². The first-order chi connectivity index (χ1) is 8.58. The van der Waals surface area contributed by atoms with Crippen molar-refractivity contribution in [3.05, 3.63) is 29.0 Å². The van der Waals surface area contributed by atoms with Crippen LogP contribution in [-0.2, 0) is 0 Å². The van der Waals surface area contributed by atoms with E-state index in [1.54, 1.807) is 12.1 Å². The Bertz CT molecular complexity index is 554. The topological polar surface area (TPSA) is 86.8 Å². The molecule has 0 aliphatic rings. The van der Waals surface area contributed by atoms with Crippen LogP contribution in [0.1, 0.15) is 10.6 Å². The van der Waals surface area contributed by atoms with E-state index in [9.17, 15) is 4.79 Å². The van der Waals surface area contributed by atoms with Crippen molar-refractivity contribution >= 4 is 28.9 Å². The molecule has 0 radical (unpaired) electrons. The van der Waals surface area contributed by atoms with Crippen LogP contribution >= 0.6 is 11.6 Å². The summed E-state index contributed by atoms with van der Waals surface area (Å²) in [6.07, 6.45) is 0. The normalized spacial score (nSPS) is 10.2. The number of H-pyrrole nitrogens is 1. The summed E-state index contributed by atoms with van der Waals surface area (Å²) in [6, 6.07) is 5.22. The number of halogens is 1. The van der Waals surface area contributed by atoms with Gasteiger partial charge in [-0.2, -0.15) is 5.21 Å². The molecule has 1 heterocycles. The highest BCUT2D eigenvalue weighted by Crippen LogP contribution is 2.27. The Balaban J connectivity index is 2.16. The van der Waals surface area contributed by atoms with Gasteiger partial charge in [0.1, 0.15) is 0 Å². The number of nitrogens with one attached hydrogen (secondary N) is 2. The molecule has 0 aliphatic heterocycles. The van der Waals surface area contributed by atoms with Gasteiger partial charge in [-0.05, 0) is 23.4 Å². The monoisotopic (exact) mass is 266 g/mol. The molecule has 0 saturated heterocycles. The van der Waals surface area contributed by atoms with Gasteiger partial charge >= 0.3 is 0 Å². The maximum Gasteiger partial charge on any atom is 0.297 e. The summed E-state index contributed by atoms with van der Waals surface area (Å²) in [5, 5.41) is 15.8. The van der Waals surface area contributed by atoms with Crippen molar-refractivity contribution in [2.24, 2.45) is 0 Å². The first-order valence-electron chi connectivity index (χ1n) is 5.09. The van der Waals surface area contributed by atoms with E-state index in [0.717, 1.165) is 5.69 Å². The van der Waals surface area contributed by atoms with Gasteiger partial charge in [0.25, 0.3) is 11.7 Å². The number of hydrogen-bond acceptors (Lipinski definition) is 5. The molecule has 0 unspecified atom stereocenters. The second-order valence-corrected chi connectivity index (χ2v) is 4.16. The molecule has 2 rings (SSSR count). The van der Waals surface area contributed by atoms with Gasteiger partial charge in [-0.25, -0.2) is 0 Å². The number of hydrogen-bond donors (Lipinski definition) is 2. The molecule has 0 aliphatic carbocycles. The average molecular weight is 267 g/mol. The quantitative estimate of drug-likeness (QED) is 0.871. The van der Waals surface area contributed by atoms with Crippen LogP contribution in [0.15, 0.2) is 18.2 Å². The highest BCUT2D eigenvalue weighted by molar-refractivity contribution is 6.33. The number of nitrogens with zero attached hydrogens (tertiary/aromatic N) is 4. The molecule has 8 heteroatoms. The van der Waals surface area contributed by atoms with Gasteiger partial charge in [-0.1, -0.05) is 11.6 Å². The van der Waals surface area contributed by atoms with Crippen LogP contribution in [0.4, 0.5) is 11.4 Å². The van der Waals surface area contributed by atoms with Crippen molar-refractivity contribution in [3.63, 3.8) is 0 Å². The van der Waals surface area contributed by atoms with Crippen LogP contribution in [0, 0.1) is 0 Å². The van der Waals surface area contributed by atoms with E-state index in [1.165, 1.54) is 0 Å². The molecule has 0 bridgehead atoms. The summed E-state index contributed by atoms with van der Waals surface area (Å²) in [5.74, 6) is -0.472. The average Bonchev–Trinajstić information content (AvgIpc) is 2.81. The predicted molar refractivity (Wildman–Crippen MR) is 67.9 cm³/mol. The van der Waals surface area contributed by atoms with Crippen LogP contribution < -0.4 is 10.2 Å². The lowest BCUT2D eigenvalue weighted by Crippen LogP contribution is -2.14. The number of amides is 1. The summed E-state index contributed by atoms with van der Waals surface area (Å²) >= 11 is 6.09. The molecule has 7 nitrogen and oxygen atoms in total. The summed E-state index contributed by atoms with van der Waals surface area (Å²) in [7, 11) is 3.78. The lowest BCUT2D eigenvalue weighted by atomic mass is 10.2. The smallest absolute Gasteiger partial charge is 0.297 e. The van der Waals surface area contributed by atoms with E-state index in [0.29, 0.717) is 10.7 Å². The fourth-order valence-corrected chi connectivity index (χ4v) is 1.74. The largest absolute Gasteiger partial charge is 0.376 e. The van der Waals surface area contributed by atoms with Gasteiger partial charge < -0.3 is 10.2 Å². The van der Waals surface area contributed by atoms with Crippen LogP contribution in [-0.4, -0.2) is 40.6 Å². The zero-order chi connectivity index (χ0) is 13.1. The molecule has 1 aromatic carbocycles. The standard InChI is InChI=1S/C10H11ClN6O/c1-17(2)8-4-3-6(5-7(8)11)12-10(18)9-13-15-16-14-9/h3-5H,1-2H3,(H,12,18)(H,13,14,15,16). The fourth-order valence-electron chi connectivity index (χ4n) is 1.39. The van der Waals surface area contributed by atoms with Crippen molar-refractivity contribution in [2.75, 3.05) is 24.3 Å². The van der Waals surface area contributed by atoms with E-state index in [4.69, 9.17) is 11.6 Å². The summed E-state index contributed by atoms with van der Waals surface area (Å²) in [6.45, 7) is 0. The predicted octanol–water partition coefficient (Wildman–Crippen LogP) is 1.17. The van der Waals surface area contributed by atoms with Crippen LogP contribution in [0.2, 0.25) is 5.02 Å². The molecule has 1 aromatic heterocycles. The third-order valence-corrected chi connectivity index (χ3v) is 2.54. The summed E-state index contributed by atoms with van der Waals surface area (Å²) < 4.78 is 0. The number of anilines is 2. The van der Waals surface area contributed by atoms with Gasteiger partial charge in [-0.15, -0.1) is 10.2 Å². The maximum atomic E-state index is 11.7. The van der Waals surface area contributed by atoms with Gasteiger partial charge in [0, 0.05) is 19.8 Å². The molecule has 0 atom stereocenters. The number of carbonyl (C=O) groups is 1. The summed E-state index contributed by atoms with van der Waals surface area (Å²) in [5.41, 5.74) is 1.44. The zero-order valence-electron chi connectivity index (χ0n) is 9.81. The number of tetrazole rings is 1. The number of aromatic amines is 1. The molecular formula is C10H11ClN6O. The van der Waals surface area contributed by atoms with Crippen LogP contribution in [0.5, 0.6) is 0 Å². The van der Waals surface area contributed by atoms with Crippen molar-refractivity contribution in [1.29, 1.82) is 0 Å². The first-order valence-corrected chi connectivity index (χ1v) is 5.47. The van der Waals surface area contributed by atoms with E-state index in [1.807, 2.05) is 25.1 Å². The van der Waals surface area contributed by atoms with Gasteiger partial charge in [0.05, 0.1) is 10.7 Å². The highest BCUT2D eigenvalue weighted by atomic mass is 35.5. The lowest BCUT2D eigenvalue weighted by molar-refractivity contribution is 0.101. The van der Waals surface area contributed by atoms with Crippen LogP contribution in [0.25, 0.3) is 0 Å².